The summed E-state index contributed by atoms with van der Waals surface area (Å²) in [7, 11) is 0. The van der Waals surface area contributed by atoms with Gasteiger partial charge in [0, 0.05) is 24.5 Å². The molecule has 4 nitrogen and oxygen atoms in total. The van der Waals surface area contributed by atoms with E-state index in [4.69, 9.17) is 11.5 Å². The lowest BCUT2D eigenvalue weighted by Crippen LogP contribution is -2.26. The van der Waals surface area contributed by atoms with Crippen LogP contribution in [0.2, 0.25) is 0 Å². The molecule has 0 radical (unpaired) electrons. The van der Waals surface area contributed by atoms with Gasteiger partial charge >= 0.3 is 0 Å². The number of rotatable bonds is 2. The Morgan fingerprint density at radius 1 is 1.10 bits per heavy atom. The van der Waals surface area contributed by atoms with Crippen molar-refractivity contribution in [2.45, 2.75) is 19.4 Å². The summed E-state index contributed by atoms with van der Waals surface area (Å²) < 4.78 is 0. The van der Waals surface area contributed by atoms with Gasteiger partial charge in [0.2, 0.25) is 0 Å². The van der Waals surface area contributed by atoms with E-state index in [1.165, 1.54) is 11.1 Å². The molecule has 0 aromatic heterocycles. The highest BCUT2D eigenvalue weighted by Gasteiger charge is 2.19. The second-order valence-corrected chi connectivity index (χ2v) is 5.43. The maximum Gasteiger partial charge on any atom is 0.250 e. The van der Waals surface area contributed by atoms with Crippen LogP contribution in [0.3, 0.4) is 0 Å². The normalized spacial score (nSPS) is 14.4. The van der Waals surface area contributed by atoms with Crippen molar-refractivity contribution in [1.82, 2.24) is 0 Å². The fraction of sp³-hybridized carbons (Fsp3) is 0.235. The number of aryl methyl sites for hydroxylation is 1. The molecular weight excluding hydrogens is 262 g/mol. The molecule has 2 aromatic carbocycles. The number of carbonyl (C=O) groups excluding carboxylic acids is 1. The first-order valence-corrected chi connectivity index (χ1v) is 7.16. The van der Waals surface area contributed by atoms with Crippen molar-refractivity contribution in [2.75, 3.05) is 17.2 Å². The van der Waals surface area contributed by atoms with E-state index in [2.05, 4.69) is 29.2 Å². The van der Waals surface area contributed by atoms with Crippen molar-refractivity contribution in [3.05, 3.63) is 59.2 Å². The molecule has 0 spiro atoms. The highest BCUT2D eigenvalue weighted by atomic mass is 16.1. The topological polar surface area (TPSA) is 72.3 Å². The second kappa shape index (κ2) is 5.48. The maximum atomic E-state index is 11.7. The monoisotopic (exact) mass is 281 g/mol. The van der Waals surface area contributed by atoms with Crippen LogP contribution in [0.25, 0.3) is 0 Å². The number of carbonyl (C=O) groups is 1. The molecule has 0 fully saturated rings. The zero-order chi connectivity index (χ0) is 14.8. The van der Waals surface area contributed by atoms with E-state index in [1.807, 2.05) is 12.1 Å². The molecule has 0 aliphatic carbocycles. The van der Waals surface area contributed by atoms with Gasteiger partial charge in [-0.25, -0.2) is 0 Å². The van der Waals surface area contributed by atoms with Crippen molar-refractivity contribution in [3.63, 3.8) is 0 Å². The molecule has 21 heavy (non-hydrogen) atoms. The van der Waals surface area contributed by atoms with Crippen molar-refractivity contribution in [3.8, 4) is 0 Å². The largest absolute Gasteiger partial charge is 0.399 e. The fourth-order valence-electron chi connectivity index (χ4n) is 2.93. The number of nitrogens with zero attached hydrogens (tertiary/aromatic N) is 1. The van der Waals surface area contributed by atoms with Crippen LogP contribution < -0.4 is 16.4 Å². The SMILES string of the molecule is NC(=O)c1cc(N)ccc1N1CCCc2ccccc2C1. The zero-order valence-corrected chi connectivity index (χ0v) is 11.9. The van der Waals surface area contributed by atoms with E-state index in [-0.39, 0.29) is 0 Å². The van der Waals surface area contributed by atoms with Crippen LogP contribution >= 0.6 is 0 Å². The first-order chi connectivity index (χ1) is 10.1. The van der Waals surface area contributed by atoms with Gasteiger partial charge in [0.25, 0.3) is 5.91 Å². The molecule has 108 valence electrons. The van der Waals surface area contributed by atoms with Crippen molar-refractivity contribution in [1.29, 1.82) is 0 Å². The number of amides is 1. The van der Waals surface area contributed by atoms with E-state index < -0.39 is 5.91 Å². The number of primary amides is 1. The van der Waals surface area contributed by atoms with Gasteiger partial charge in [-0.15, -0.1) is 0 Å². The quantitative estimate of drug-likeness (QED) is 0.830. The van der Waals surface area contributed by atoms with Crippen LogP contribution in [-0.2, 0) is 13.0 Å². The summed E-state index contributed by atoms with van der Waals surface area (Å²) in [5.41, 5.74) is 15.9. The van der Waals surface area contributed by atoms with E-state index in [1.54, 1.807) is 6.07 Å². The molecule has 4 heteroatoms. The first-order valence-electron chi connectivity index (χ1n) is 7.16. The van der Waals surface area contributed by atoms with Crippen molar-refractivity contribution < 1.29 is 4.79 Å². The summed E-state index contributed by atoms with van der Waals surface area (Å²) in [6, 6.07) is 13.8. The number of fused-ring (bicyclic) bond motifs is 1. The predicted octanol–water partition coefficient (Wildman–Crippen LogP) is 2.32. The van der Waals surface area contributed by atoms with E-state index in [0.29, 0.717) is 11.3 Å². The summed E-state index contributed by atoms with van der Waals surface area (Å²) in [6.45, 7) is 1.69. The molecule has 1 heterocycles. The summed E-state index contributed by atoms with van der Waals surface area (Å²) in [4.78, 5) is 13.9. The highest BCUT2D eigenvalue weighted by molar-refractivity contribution is 5.99. The third kappa shape index (κ3) is 2.70. The van der Waals surface area contributed by atoms with Gasteiger partial charge in [0.1, 0.15) is 0 Å². The third-order valence-corrected chi connectivity index (χ3v) is 3.98. The first kappa shape index (κ1) is 13.5. The Bertz CT molecular complexity index is 681. The molecule has 1 aliphatic heterocycles. The molecule has 3 rings (SSSR count). The average Bonchev–Trinajstić information content (AvgIpc) is 2.69. The molecule has 4 N–H and O–H groups in total. The Morgan fingerprint density at radius 2 is 1.86 bits per heavy atom. The van der Waals surface area contributed by atoms with Crippen LogP contribution in [0.5, 0.6) is 0 Å². The van der Waals surface area contributed by atoms with Gasteiger partial charge in [-0.3, -0.25) is 4.79 Å². The van der Waals surface area contributed by atoms with Crippen LogP contribution in [0.15, 0.2) is 42.5 Å². The Balaban J connectivity index is 2.00. The molecule has 0 saturated carbocycles. The van der Waals surface area contributed by atoms with Crippen LogP contribution in [0.4, 0.5) is 11.4 Å². The molecule has 2 aromatic rings. The molecule has 0 atom stereocenters. The van der Waals surface area contributed by atoms with E-state index >= 15 is 0 Å². The molecule has 1 aliphatic rings. The lowest BCUT2D eigenvalue weighted by Gasteiger charge is -2.25. The molecule has 0 saturated heterocycles. The van der Waals surface area contributed by atoms with E-state index in [0.717, 1.165) is 31.6 Å². The maximum absolute atomic E-state index is 11.7. The third-order valence-electron chi connectivity index (χ3n) is 3.98. The summed E-state index contributed by atoms with van der Waals surface area (Å²) in [5, 5.41) is 0. The van der Waals surface area contributed by atoms with Crippen LogP contribution in [0, 0.1) is 0 Å². The lowest BCUT2D eigenvalue weighted by atomic mass is 10.0. The van der Waals surface area contributed by atoms with Gasteiger partial charge in [-0.2, -0.15) is 0 Å². The van der Waals surface area contributed by atoms with E-state index in [9.17, 15) is 4.79 Å². The number of benzene rings is 2. The Labute approximate surface area is 124 Å². The van der Waals surface area contributed by atoms with Gasteiger partial charge in [0.05, 0.1) is 5.56 Å². The summed E-state index contributed by atoms with van der Waals surface area (Å²) >= 11 is 0. The van der Waals surface area contributed by atoms with Gasteiger partial charge < -0.3 is 16.4 Å². The summed E-state index contributed by atoms with van der Waals surface area (Å²) in [5.74, 6) is -0.435. The average molecular weight is 281 g/mol. The summed E-state index contributed by atoms with van der Waals surface area (Å²) in [6.07, 6.45) is 2.12. The van der Waals surface area contributed by atoms with Gasteiger partial charge in [-0.05, 0) is 42.2 Å². The Morgan fingerprint density at radius 3 is 2.62 bits per heavy atom. The Hall–Kier alpha value is -2.49. The zero-order valence-electron chi connectivity index (χ0n) is 11.9. The van der Waals surface area contributed by atoms with Crippen LogP contribution in [-0.4, -0.2) is 12.5 Å². The fourth-order valence-corrected chi connectivity index (χ4v) is 2.93. The highest BCUT2D eigenvalue weighted by Crippen LogP contribution is 2.28. The van der Waals surface area contributed by atoms with Gasteiger partial charge in [0.15, 0.2) is 0 Å². The molecule has 0 bridgehead atoms. The van der Waals surface area contributed by atoms with Crippen molar-refractivity contribution in [2.24, 2.45) is 5.73 Å². The number of anilines is 2. The molecular formula is C17H19N3O. The standard InChI is InChI=1S/C17H19N3O/c18-14-7-8-16(15(10-14)17(19)21)20-9-3-6-12-4-1-2-5-13(12)11-20/h1-2,4-5,7-8,10H,3,6,9,11,18H2,(H2,19,21). The second-order valence-electron chi connectivity index (χ2n) is 5.43. The molecule has 1 amide bonds. The molecule has 0 unspecified atom stereocenters. The van der Waals surface area contributed by atoms with Crippen molar-refractivity contribution >= 4 is 17.3 Å². The minimum Gasteiger partial charge on any atom is -0.399 e. The number of nitrogens with two attached hydrogens (primary N) is 2. The number of hydrogen-bond acceptors (Lipinski definition) is 3. The Kier molecular flexibility index (Phi) is 3.52. The smallest absolute Gasteiger partial charge is 0.250 e. The minimum atomic E-state index is -0.435. The minimum absolute atomic E-state index is 0.435. The number of hydrogen-bond donors (Lipinski definition) is 2. The predicted molar refractivity (Wildman–Crippen MR) is 85.2 cm³/mol. The van der Waals surface area contributed by atoms with Crippen LogP contribution in [0.1, 0.15) is 27.9 Å². The lowest BCUT2D eigenvalue weighted by molar-refractivity contribution is 0.100. The number of nitrogen functional groups attached to an aromatic ring is 1. The van der Waals surface area contributed by atoms with Gasteiger partial charge in [-0.1, -0.05) is 24.3 Å².